The summed E-state index contributed by atoms with van der Waals surface area (Å²) < 4.78 is 0. The predicted octanol–water partition coefficient (Wildman–Crippen LogP) is 2.74. The van der Waals surface area contributed by atoms with Gasteiger partial charge in [-0.15, -0.1) is 11.3 Å². The van der Waals surface area contributed by atoms with E-state index >= 15 is 0 Å². The van der Waals surface area contributed by atoms with Gasteiger partial charge in [-0.2, -0.15) is 0 Å². The summed E-state index contributed by atoms with van der Waals surface area (Å²) >= 11 is 1.32. The minimum atomic E-state index is -0.949. The van der Waals surface area contributed by atoms with Gasteiger partial charge in [-0.05, 0) is 37.5 Å². The lowest BCUT2D eigenvalue weighted by atomic mass is 9.96. The van der Waals surface area contributed by atoms with Crippen LogP contribution in [0.2, 0.25) is 0 Å². The molecule has 1 aliphatic rings. The van der Waals surface area contributed by atoms with Gasteiger partial charge in [0.2, 0.25) is 0 Å². The lowest BCUT2D eigenvalue weighted by Crippen LogP contribution is -2.36. The van der Waals surface area contributed by atoms with E-state index in [1.165, 1.54) is 11.3 Å². The van der Waals surface area contributed by atoms with Crippen LogP contribution < -0.4 is 4.90 Å². The maximum absolute atomic E-state index is 12.7. The maximum atomic E-state index is 12.7. The largest absolute Gasteiger partial charge is 0.478 e. The van der Waals surface area contributed by atoms with Gasteiger partial charge >= 0.3 is 5.97 Å². The zero-order valence-electron chi connectivity index (χ0n) is 11.5. The third-order valence-corrected chi connectivity index (χ3v) is 4.58. The number of nitrogens with zero attached hydrogens (tertiary/aromatic N) is 2. The number of thiazole rings is 1. The van der Waals surface area contributed by atoms with Crippen LogP contribution in [0.15, 0.2) is 23.7 Å². The van der Waals surface area contributed by atoms with Crippen LogP contribution in [0.25, 0.3) is 0 Å². The number of hydrogen-bond acceptors (Lipinski definition) is 4. The number of hydrogen-bond donors (Lipinski definition) is 1. The highest BCUT2D eigenvalue weighted by Crippen LogP contribution is 2.32. The number of carbonyl (C=O) groups is 2. The number of rotatable bonds is 2. The molecule has 0 atom stereocenters. The van der Waals surface area contributed by atoms with Gasteiger partial charge in [-0.25, -0.2) is 9.78 Å². The molecule has 3 rings (SSSR count). The lowest BCUT2D eigenvalue weighted by Gasteiger charge is -2.30. The summed E-state index contributed by atoms with van der Waals surface area (Å²) in [6.45, 7) is 2.41. The molecule has 1 N–H and O–H groups in total. The van der Waals surface area contributed by atoms with Crippen molar-refractivity contribution in [2.45, 2.75) is 19.8 Å². The fraction of sp³-hybridized carbons (Fsp3) is 0.267. The zero-order chi connectivity index (χ0) is 15.0. The summed E-state index contributed by atoms with van der Waals surface area (Å²) in [4.78, 5) is 30.4. The van der Waals surface area contributed by atoms with Gasteiger partial charge in [-0.3, -0.25) is 4.79 Å². The Hall–Kier alpha value is -2.21. The molecule has 0 fully saturated rings. The van der Waals surface area contributed by atoms with Gasteiger partial charge in [0.05, 0.1) is 16.8 Å². The minimum Gasteiger partial charge on any atom is -0.478 e. The first-order chi connectivity index (χ1) is 10.1. The van der Waals surface area contributed by atoms with Crippen molar-refractivity contribution in [3.63, 3.8) is 0 Å². The second-order valence-electron chi connectivity index (χ2n) is 4.94. The lowest BCUT2D eigenvalue weighted by molar-refractivity contribution is 0.0695. The maximum Gasteiger partial charge on any atom is 0.336 e. The van der Waals surface area contributed by atoms with Gasteiger partial charge in [0.25, 0.3) is 5.91 Å². The third kappa shape index (κ3) is 2.31. The van der Waals surface area contributed by atoms with E-state index in [9.17, 15) is 14.7 Å². The van der Waals surface area contributed by atoms with E-state index in [0.717, 1.165) is 12.0 Å². The SMILES string of the molecule is Cc1ncsc1C(=O)N1CCCc2c(C(=O)O)cccc21. The molecule has 108 valence electrons. The molecule has 21 heavy (non-hydrogen) atoms. The van der Waals surface area contributed by atoms with E-state index in [-0.39, 0.29) is 11.5 Å². The van der Waals surface area contributed by atoms with Crippen molar-refractivity contribution in [1.29, 1.82) is 0 Å². The number of fused-ring (bicyclic) bond motifs is 1. The molecule has 0 bridgehead atoms. The fourth-order valence-corrected chi connectivity index (χ4v) is 3.42. The fourth-order valence-electron chi connectivity index (χ4n) is 2.67. The number of anilines is 1. The Balaban J connectivity index is 2.05. The Morgan fingerprint density at radius 1 is 1.38 bits per heavy atom. The first kappa shape index (κ1) is 13.8. The normalized spacial score (nSPS) is 13.9. The number of aromatic nitrogens is 1. The van der Waals surface area contributed by atoms with E-state index in [1.54, 1.807) is 22.5 Å². The molecule has 0 spiro atoms. The van der Waals surface area contributed by atoms with Crippen LogP contribution in [-0.2, 0) is 6.42 Å². The Bertz CT molecular complexity index is 723. The quantitative estimate of drug-likeness (QED) is 0.926. The van der Waals surface area contributed by atoms with E-state index < -0.39 is 5.97 Å². The first-order valence-corrected chi connectivity index (χ1v) is 7.54. The number of benzene rings is 1. The van der Waals surface area contributed by atoms with Crippen molar-refractivity contribution in [1.82, 2.24) is 4.98 Å². The van der Waals surface area contributed by atoms with Crippen LogP contribution in [0.4, 0.5) is 5.69 Å². The number of amides is 1. The van der Waals surface area contributed by atoms with Crippen LogP contribution in [0.5, 0.6) is 0 Å². The third-order valence-electron chi connectivity index (χ3n) is 3.67. The molecule has 1 aromatic carbocycles. The Labute approximate surface area is 125 Å². The summed E-state index contributed by atoms with van der Waals surface area (Å²) in [5.74, 6) is -1.05. The Morgan fingerprint density at radius 2 is 2.19 bits per heavy atom. The van der Waals surface area contributed by atoms with Crippen molar-refractivity contribution in [2.24, 2.45) is 0 Å². The van der Waals surface area contributed by atoms with Crippen LogP contribution >= 0.6 is 11.3 Å². The average molecular weight is 302 g/mol. The molecule has 5 nitrogen and oxygen atoms in total. The highest BCUT2D eigenvalue weighted by Gasteiger charge is 2.28. The molecule has 2 aromatic rings. The minimum absolute atomic E-state index is 0.0986. The van der Waals surface area contributed by atoms with Gasteiger partial charge in [0.1, 0.15) is 4.88 Å². The number of aryl methyl sites for hydroxylation is 1. The first-order valence-electron chi connectivity index (χ1n) is 6.66. The predicted molar refractivity (Wildman–Crippen MR) is 80.2 cm³/mol. The highest BCUT2D eigenvalue weighted by molar-refractivity contribution is 7.12. The van der Waals surface area contributed by atoms with E-state index in [1.807, 2.05) is 13.0 Å². The summed E-state index contributed by atoms with van der Waals surface area (Å²) in [6.07, 6.45) is 1.45. The van der Waals surface area contributed by atoms with Gasteiger partial charge in [0.15, 0.2) is 0 Å². The molecule has 0 saturated heterocycles. The van der Waals surface area contributed by atoms with Crippen LogP contribution in [-0.4, -0.2) is 28.5 Å². The second kappa shape index (κ2) is 5.29. The molecule has 0 aliphatic carbocycles. The molecular formula is C15H14N2O3S. The van der Waals surface area contributed by atoms with Crippen molar-refractivity contribution in [3.8, 4) is 0 Å². The number of carboxylic acid groups (broad SMARTS) is 1. The molecule has 1 aromatic heterocycles. The van der Waals surface area contributed by atoms with Crippen LogP contribution in [0, 0.1) is 6.92 Å². The second-order valence-corrected chi connectivity index (χ2v) is 5.79. The van der Waals surface area contributed by atoms with Crippen molar-refractivity contribution >= 4 is 28.9 Å². The zero-order valence-corrected chi connectivity index (χ0v) is 12.3. The summed E-state index contributed by atoms with van der Waals surface area (Å²) in [6, 6.07) is 5.09. The molecule has 2 heterocycles. The van der Waals surface area contributed by atoms with Gasteiger partial charge in [-0.1, -0.05) is 6.07 Å². The average Bonchev–Trinajstić information content (AvgIpc) is 2.91. The number of carboxylic acids is 1. The number of aromatic carboxylic acids is 1. The summed E-state index contributed by atoms with van der Waals surface area (Å²) in [7, 11) is 0. The monoisotopic (exact) mass is 302 g/mol. The van der Waals surface area contributed by atoms with Crippen molar-refractivity contribution < 1.29 is 14.7 Å². The summed E-state index contributed by atoms with van der Waals surface area (Å²) in [5, 5.41) is 9.28. The van der Waals surface area contributed by atoms with Crippen LogP contribution in [0.3, 0.4) is 0 Å². The molecule has 0 radical (unpaired) electrons. The number of carbonyl (C=O) groups excluding carboxylic acids is 1. The highest BCUT2D eigenvalue weighted by atomic mass is 32.1. The molecule has 1 aliphatic heterocycles. The van der Waals surface area contributed by atoms with Crippen molar-refractivity contribution in [3.05, 3.63) is 45.4 Å². The smallest absolute Gasteiger partial charge is 0.336 e. The Kier molecular flexibility index (Phi) is 3.47. The van der Waals surface area contributed by atoms with Crippen LogP contribution in [0.1, 0.15) is 37.7 Å². The van der Waals surface area contributed by atoms with E-state index in [0.29, 0.717) is 29.2 Å². The van der Waals surface area contributed by atoms with E-state index in [2.05, 4.69) is 4.98 Å². The van der Waals surface area contributed by atoms with Crippen molar-refractivity contribution in [2.75, 3.05) is 11.4 Å². The van der Waals surface area contributed by atoms with Gasteiger partial charge < -0.3 is 10.0 Å². The van der Waals surface area contributed by atoms with Gasteiger partial charge in [0, 0.05) is 12.2 Å². The van der Waals surface area contributed by atoms with E-state index in [4.69, 9.17) is 0 Å². The molecule has 1 amide bonds. The standard InChI is InChI=1S/C15H14N2O3S/c1-9-13(21-8-16-9)14(18)17-7-3-5-10-11(15(19)20)4-2-6-12(10)17/h2,4,6,8H,3,5,7H2,1H3,(H,19,20). The summed E-state index contributed by atoms with van der Waals surface area (Å²) in [5.41, 5.74) is 4.10. The molecule has 6 heteroatoms. The molecular weight excluding hydrogens is 288 g/mol. The molecule has 0 saturated carbocycles. The molecule has 0 unspecified atom stereocenters. The topological polar surface area (TPSA) is 70.5 Å². The Morgan fingerprint density at radius 3 is 2.86 bits per heavy atom.